The zero-order chi connectivity index (χ0) is 8.43. The third-order valence-corrected chi connectivity index (χ3v) is 3.80. The van der Waals surface area contributed by atoms with Gasteiger partial charge in [-0.15, -0.1) is 0 Å². The fourth-order valence-electron chi connectivity index (χ4n) is 1.29. The van der Waals surface area contributed by atoms with Crippen molar-refractivity contribution in [1.82, 2.24) is 0 Å². The van der Waals surface area contributed by atoms with Crippen LogP contribution in [0.1, 0.15) is 16.7 Å². The number of hydrogen-bond acceptors (Lipinski definition) is 1. The molecule has 0 aliphatic rings. The molecule has 0 atom stereocenters. The molecule has 0 amide bonds. The van der Waals surface area contributed by atoms with Crippen LogP contribution in [0.5, 0.6) is 0 Å². The molecule has 0 aliphatic heterocycles. The van der Waals surface area contributed by atoms with Crippen LogP contribution in [0.4, 0.5) is 0 Å². The maximum Gasteiger partial charge on any atom is 0.0237 e. The predicted octanol–water partition coefficient (Wildman–Crippen LogP) is 4.05. The minimum absolute atomic E-state index is 1.36. The Morgan fingerprint density at radius 1 is 1.09 bits per heavy atom. The fraction of sp³-hybridized carbons (Fsp3) is 0.333. The molecule has 0 N–H and O–H groups in total. The highest BCUT2D eigenvalue weighted by Crippen LogP contribution is 2.31. The molecule has 0 spiro atoms. The Hall–Kier alpha value is 0.300. The maximum absolute atomic E-state index is 2.33. The smallest absolute Gasteiger partial charge is 0.0237 e. The van der Waals surface area contributed by atoms with E-state index in [0.717, 1.165) is 0 Å². The van der Waals surface area contributed by atoms with Crippen LogP contribution in [-0.4, -0.2) is 0 Å². The van der Waals surface area contributed by atoms with Crippen LogP contribution in [0.3, 0.4) is 0 Å². The van der Waals surface area contributed by atoms with E-state index in [4.69, 9.17) is 0 Å². The molecule has 0 heterocycles. The zero-order valence-corrected chi connectivity index (χ0v) is 9.91. The van der Waals surface area contributed by atoms with Crippen molar-refractivity contribution in [2.75, 3.05) is 0 Å². The van der Waals surface area contributed by atoms with Crippen LogP contribution in [0.15, 0.2) is 17.0 Å². The van der Waals surface area contributed by atoms with Crippen LogP contribution in [0, 0.1) is 20.8 Å². The van der Waals surface area contributed by atoms with Crippen LogP contribution in [0.25, 0.3) is 0 Å². The second-order valence-corrected chi connectivity index (χ2v) is 4.69. The van der Waals surface area contributed by atoms with Crippen LogP contribution in [-0.2, 0) is 0 Å². The van der Waals surface area contributed by atoms with E-state index < -0.39 is 0 Å². The Morgan fingerprint density at radius 3 is 1.91 bits per heavy atom. The van der Waals surface area contributed by atoms with Crippen molar-refractivity contribution in [3.8, 4) is 0 Å². The number of benzene rings is 1. The number of halogens is 1. The maximum atomic E-state index is 2.33. The molecule has 11 heavy (non-hydrogen) atoms. The standard InChI is InChI=1S/C9H11IS/c1-6-4-7(2)9(11-10)8(3)5-6/h4-5H,1-3H3. The first-order valence-electron chi connectivity index (χ1n) is 3.51. The minimum atomic E-state index is 1.36. The summed E-state index contributed by atoms with van der Waals surface area (Å²) in [5.41, 5.74) is 4.14. The van der Waals surface area contributed by atoms with E-state index in [1.807, 2.05) is 0 Å². The van der Waals surface area contributed by atoms with Gasteiger partial charge in [-0.2, -0.15) is 0 Å². The van der Waals surface area contributed by atoms with E-state index in [0.29, 0.717) is 0 Å². The molecule has 0 radical (unpaired) electrons. The molecular weight excluding hydrogens is 267 g/mol. The molecule has 0 saturated carbocycles. The van der Waals surface area contributed by atoms with E-state index in [2.05, 4.69) is 54.1 Å². The summed E-state index contributed by atoms with van der Waals surface area (Å²) < 4.78 is 0. The van der Waals surface area contributed by atoms with Crippen molar-refractivity contribution in [3.05, 3.63) is 28.8 Å². The van der Waals surface area contributed by atoms with Crippen molar-refractivity contribution in [3.63, 3.8) is 0 Å². The summed E-state index contributed by atoms with van der Waals surface area (Å²) in [4.78, 5) is 1.41. The molecule has 0 fully saturated rings. The summed E-state index contributed by atoms with van der Waals surface area (Å²) in [5.74, 6) is 0. The molecule has 0 aromatic heterocycles. The first-order valence-corrected chi connectivity index (χ1v) is 6.87. The topological polar surface area (TPSA) is 0 Å². The Labute approximate surface area is 84.4 Å². The minimum Gasteiger partial charge on any atom is -0.0552 e. The lowest BCUT2D eigenvalue weighted by molar-refractivity contribution is 1.20. The average Bonchev–Trinajstić information content (AvgIpc) is 1.85. The highest BCUT2D eigenvalue weighted by Gasteiger charge is 2.01. The van der Waals surface area contributed by atoms with Gasteiger partial charge in [0.15, 0.2) is 0 Å². The Bertz CT molecular complexity index is 245. The van der Waals surface area contributed by atoms with Crippen LogP contribution in [0.2, 0.25) is 0 Å². The molecule has 0 nitrogen and oxygen atoms in total. The highest BCUT2D eigenvalue weighted by atomic mass is 127. The van der Waals surface area contributed by atoms with Gasteiger partial charge in [0.05, 0.1) is 0 Å². The number of rotatable bonds is 1. The number of hydrogen-bond donors (Lipinski definition) is 0. The molecule has 1 aromatic rings. The molecule has 60 valence electrons. The summed E-state index contributed by atoms with van der Waals surface area (Å²) in [6.07, 6.45) is 0. The predicted molar refractivity (Wildman–Crippen MR) is 60.5 cm³/mol. The quantitative estimate of drug-likeness (QED) is 0.698. The van der Waals surface area contributed by atoms with Gasteiger partial charge in [0.25, 0.3) is 0 Å². The SMILES string of the molecule is Cc1cc(C)c(SI)c(C)c1. The summed E-state index contributed by atoms with van der Waals surface area (Å²) >= 11 is 2.33. The van der Waals surface area contributed by atoms with Gasteiger partial charge < -0.3 is 0 Å². The van der Waals surface area contributed by atoms with E-state index in [9.17, 15) is 0 Å². The van der Waals surface area contributed by atoms with Crippen molar-refractivity contribution in [2.24, 2.45) is 0 Å². The van der Waals surface area contributed by atoms with Gasteiger partial charge in [-0.25, -0.2) is 0 Å². The molecule has 0 saturated heterocycles. The van der Waals surface area contributed by atoms with Crippen molar-refractivity contribution < 1.29 is 0 Å². The van der Waals surface area contributed by atoms with E-state index in [1.165, 1.54) is 21.6 Å². The third kappa shape index (κ3) is 2.12. The zero-order valence-electron chi connectivity index (χ0n) is 6.94. The van der Waals surface area contributed by atoms with Gasteiger partial charge in [0.2, 0.25) is 0 Å². The molecule has 1 aromatic carbocycles. The highest BCUT2D eigenvalue weighted by molar-refractivity contribution is 14.2. The van der Waals surface area contributed by atoms with E-state index in [1.54, 1.807) is 8.93 Å². The van der Waals surface area contributed by atoms with E-state index in [-0.39, 0.29) is 0 Å². The first kappa shape index (κ1) is 9.39. The molecule has 0 bridgehead atoms. The van der Waals surface area contributed by atoms with E-state index >= 15 is 0 Å². The third-order valence-electron chi connectivity index (χ3n) is 1.68. The molecule has 2 heteroatoms. The fourth-order valence-corrected chi connectivity index (χ4v) is 3.73. The largest absolute Gasteiger partial charge is 0.0552 e. The van der Waals surface area contributed by atoms with Gasteiger partial charge in [-0.1, -0.05) is 26.6 Å². The number of aryl methyl sites for hydroxylation is 3. The summed E-state index contributed by atoms with van der Waals surface area (Å²) in [5, 5.41) is 0. The van der Waals surface area contributed by atoms with Gasteiger partial charge >= 0.3 is 0 Å². The molecular formula is C9H11IS. The van der Waals surface area contributed by atoms with Crippen molar-refractivity contribution >= 4 is 30.1 Å². The lowest BCUT2D eigenvalue weighted by atomic mass is 10.1. The lowest BCUT2D eigenvalue weighted by Crippen LogP contribution is -1.84. The molecule has 0 unspecified atom stereocenters. The second kappa shape index (κ2) is 3.81. The van der Waals surface area contributed by atoms with Gasteiger partial charge in [-0.3, -0.25) is 0 Å². The molecule has 0 aliphatic carbocycles. The lowest BCUT2D eigenvalue weighted by Gasteiger charge is -2.06. The summed E-state index contributed by atoms with van der Waals surface area (Å²) in [6, 6.07) is 4.46. The van der Waals surface area contributed by atoms with Gasteiger partial charge in [-0.05, 0) is 31.9 Å². The van der Waals surface area contributed by atoms with Crippen LogP contribution >= 0.6 is 30.1 Å². The summed E-state index contributed by atoms with van der Waals surface area (Å²) in [7, 11) is 1.80. The Morgan fingerprint density at radius 2 is 1.55 bits per heavy atom. The monoisotopic (exact) mass is 278 g/mol. The normalized spacial score (nSPS) is 10.2. The Kier molecular flexibility index (Phi) is 3.25. The Balaban J connectivity index is 3.25. The first-order chi connectivity index (χ1) is 5.15. The van der Waals surface area contributed by atoms with Crippen LogP contribution < -0.4 is 0 Å². The van der Waals surface area contributed by atoms with Crippen molar-refractivity contribution in [1.29, 1.82) is 0 Å². The molecule has 1 rings (SSSR count). The summed E-state index contributed by atoms with van der Waals surface area (Å²) in [6.45, 7) is 6.48. The van der Waals surface area contributed by atoms with Gasteiger partial charge in [0, 0.05) is 26.1 Å². The average molecular weight is 278 g/mol. The van der Waals surface area contributed by atoms with Gasteiger partial charge in [0.1, 0.15) is 0 Å². The van der Waals surface area contributed by atoms with Crippen molar-refractivity contribution in [2.45, 2.75) is 25.7 Å². The second-order valence-electron chi connectivity index (χ2n) is 2.80.